The van der Waals surface area contributed by atoms with Crippen LogP contribution in [0.5, 0.6) is 0 Å². The van der Waals surface area contributed by atoms with Crippen molar-refractivity contribution in [2.24, 2.45) is 0 Å². The number of nitrogens with zero attached hydrogens (tertiary/aromatic N) is 1. The summed E-state index contributed by atoms with van der Waals surface area (Å²) >= 11 is 0. The molecule has 3 heteroatoms. The van der Waals surface area contributed by atoms with Gasteiger partial charge in [0.15, 0.2) is 0 Å². The second-order valence-corrected chi connectivity index (χ2v) is 6.45. The molecule has 3 nitrogen and oxygen atoms in total. The van der Waals surface area contributed by atoms with Crippen molar-refractivity contribution in [1.82, 2.24) is 4.90 Å². The summed E-state index contributed by atoms with van der Waals surface area (Å²) in [4.78, 5) is 13.1. The van der Waals surface area contributed by atoms with Crippen molar-refractivity contribution < 1.29 is 9.90 Å². The number of hydrogen-bond donors (Lipinski definition) is 1. The molecule has 1 aromatic carbocycles. The van der Waals surface area contributed by atoms with Crippen LogP contribution in [0.25, 0.3) is 0 Å². The first kappa shape index (κ1) is 16.0. The van der Waals surface area contributed by atoms with Gasteiger partial charge in [-0.2, -0.15) is 0 Å². The Balaban J connectivity index is 1.83. The first-order chi connectivity index (χ1) is 10.1. The van der Waals surface area contributed by atoms with Crippen LogP contribution in [0.3, 0.4) is 0 Å². The molecule has 21 heavy (non-hydrogen) atoms. The first-order valence-electron chi connectivity index (χ1n) is 8.11. The summed E-state index contributed by atoms with van der Waals surface area (Å²) < 4.78 is 0. The summed E-state index contributed by atoms with van der Waals surface area (Å²) in [6.45, 7) is 6.45. The summed E-state index contributed by atoms with van der Waals surface area (Å²) in [5.41, 5.74) is 2.75. The van der Waals surface area contributed by atoms with Crippen LogP contribution in [0.2, 0.25) is 0 Å². The highest BCUT2D eigenvalue weighted by Crippen LogP contribution is 2.29. The smallest absolute Gasteiger partial charge is 0.303 e. The second-order valence-electron chi connectivity index (χ2n) is 6.45. The number of carboxylic acids is 1. The van der Waals surface area contributed by atoms with Crippen LogP contribution in [0.1, 0.15) is 63.0 Å². The molecule has 1 aliphatic rings. The van der Waals surface area contributed by atoms with E-state index in [1.807, 2.05) is 0 Å². The van der Waals surface area contributed by atoms with Crippen LogP contribution >= 0.6 is 0 Å². The fraction of sp³-hybridized carbons (Fsp3) is 0.611. The van der Waals surface area contributed by atoms with Gasteiger partial charge in [0.05, 0.1) is 0 Å². The Hall–Kier alpha value is -1.35. The molecule has 0 saturated heterocycles. The highest BCUT2D eigenvalue weighted by Gasteiger charge is 2.28. The van der Waals surface area contributed by atoms with Gasteiger partial charge in [-0.15, -0.1) is 0 Å². The van der Waals surface area contributed by atoms with Gasteiger partial charge in [0.25, 0.3) is 0 Å². The Morgan fingerprint density at radius 2 is 1.90 bits per heavy atom. The molecule has 0 radical (unpaired) electrons. The van der Waals surface area contributed by atoms with Gasteiger partial charge in [0, 0.05) is 19.0 Å². The minimum absolute atomic E-state index is 0.293. The number of rotatable bonds is 9. The van der Waals surface area contributed by atoms with Gasteiger partial charge in [-0.25, -0.2) is 0 Å². The maximum Gasteiger partial charge on any atom is 0.303 e. The van der Waals surface area contributed by atoms with Gasteiger partial charge in [0.1, 0.15) is 0 Å². The van der Waals surface area contributed by atoms with Gasteiger partial charge >= 0.3 is 5.97 Å². The molecule has 0 amide bonds. The van der Waals surface area contributed by atoms with Crippen molar-refractivity contribution in [2.45, 2.75) is 64.5 Å². The van der Waals surface area contributed by atoms with Crippen molar-refractivity contribution in [1.29, 1.82) is 0 Å². The van der Waals surface area contributed by atoms with E-state index in [4.69, 9.17) is 5.11 Å². The largest absolute Gasteiger partial charge is 0.481 e. The van der Waals surface area contributed by atoms with Crippen molar-refractivity contribution in [2.75, 3.05) is 6.54 Å². The SMILES string of the molecule is CC(C)c1ccc(CN(CCCCC(=O)O)C2CC2)cc1. The lowest BCUT2D eigenvalue weighted by Gasteiger charge is -2.22. The van der Waals surface area contributed by atoms with E-state index in [0.717, 1.165) is 32.0 Å². The zero-order chi connectivity index (χ0) is 15.2. The zero-order valence-electron chi connectivity index (χ0n) is 13.2. The van der Waals surface area contributed by atoms with E-state index in [1.165, 1.54) is 24.0 Å². The fourth-order valence-electron chi connectivity index (χ4n) is 2.66. The molecular weight excluding hydrogens is 262 g/mol. The Morgan fingerprint density at radius 3 is 2.43 bits per heavy atom. The van der Waals surface area contributed by atoms with Crippen LogP contribution in [0.4, 0.5) is 0 Å². The lowest BCUT2D eigenvalue weighted by molar-refractivity contribution is -0.137. The van der Waals surface area contributed by atoms with E-state index in [1.54, 1.807) is 0 Å². The highest BCUT2D eigenvalue weighted by atomic mass is 16.4. The number of aliphatic carboxylic acids is 1. The Kier molecular flexibility index (Phi) is 5.80. The molecular formula is C18H27NO2. The van der Waals surface area contributed by atoms with Crippen LogP contribution < -0.4 is 0 Å². The van der Waals surface area contributed by atoms with Crippen molar-refractivity contribution in [3.8, 4) is 0 Å². The molecule has 1 aromatic rings. The lowest BCUT2D eigenvalue weighted by Crippen LogP contribution is -2.26. The number of carboxylic acid groups (broad SMARTS) is 1. The number of benzene rings is 1. The van der Waals surface area contributed by atoms with E-state index in [0.29, 0.717) is 12.3 Å². The van der Waals surface area contributed by atoms with E-state index >= 15 is 0 Å². The molecule has 0 unspecified atom stereocenters. The highest BCUT2D eigenvalue weighted by molar-refractivity contribution is 5.66. The van der Waals surface area contributed by atoms with Crippen molar-refractivity contribution in [3.63, 3.8) is 0 Å². The quantitative estimate of drug-likeness (QED) is 0.698. The Morgan fingerprint density at radius 1 is 1.24 bits per heavy atom. The Bertz CT molecular complexity index is 449. The first-order valence-corrected chi connectivity index (χ1v) is 8.11. The van der Waals surface area contributed by atoms with E-state index in [2.05, 4.69) is 43.0 Å². The predicted octanol–water partition coefficient (Wildman–Crippen LogP) is 4.03. The topological polar surface area (TPSA) is 40.5 Å². The molecule has 1 fully saturated rings. The van der Waals surface area contributed by atoms with Crippen LogP contribution in [-0.2, 0) is 11.3 Å². The summed E-state index contributed by atoms with van der Waals surface area (Å²) in [5, 5.41) is 8.69. The molecule has 0 heterocycles. The number of unbranched alkanes of at least 4 members (excludes halogenated alkanes) is 1. The van der Waals surface area contributed by atoms with E-state index in [-0.39, 0.29) is 0 Å². The lowest BCUT2D eigenvalue weighted by atomic mass is 10.0. The summed E-state index contributed by atoms with van der Waals surface area (Å²) in [7, 11) is 0. The summed E-state index contributed by atoms with van der Waals surface area (Å²) in [6, 6.07) is 9.66. The van der Waals surface area contributed by atoms with Crippen molar-refractivity contribution >= 4 is 5.97 Å². The summed E-state index contributed by atoms with van der Waals surface area (Å²) in [5.74, 6) is -0.105. The zero-order valence-corrected chi connectivity index (χ0v) is 13.2. The van der Waals surface area contributed by atoms with Crippen LogP contribution in [0, 0.1) is 0 Å². The third-order valence-electron chi connectivity index (χ3n) is 4.18. The van der Waals surface area contributed by atoms with Gasteiger partial charge in [-0.1, -0.05) is 38.1 Å². The molecule has 0 aromatic heterocycles. The molecule has 1 saturated carbocycles. The minimum atomic E-state index is -0.683. The number of carbonyl (C=O) groups is 1. The molecule has 1 N–H and O–H groups in total. The van der Waals surface area contributed by atoms with Gasteiger partial charge in [-0.05, 0) is 49.3 Å². The maximum atomic E-state index is 10.6. The molecule has 2 rings (SSSR count). The second kappa shape index (κ2) is 7.60. The van der Waals surface area contributed by atoms with E-state index < -0.39 is 5.97 Å². The standard InChI is InChI=1S/C18H27NO2/c1-14(2)16-8-6-15(7-9-16)13-19(17-10-11-17)12-4-3-5-18(20)21/h6-9,14,17H,3-5,10-13H2,1-2H3,(H,20,21). The molecule has 1 aliphatic carbocycles. The normalized spacial score (nSPS) is 14.9. The maximum absolute atomic E-state index is 10.6. The predicted molar refractivity (Wildman–Crippen MR) is 85.4 cm³/mol. The molecule has 116 valence electrons. The molecule has 0 aliphatic heterocycles. The molecule has 0 atom stereocenters. The average molecular weight is 289 g/mol. The molecule has 0 spiro atoms. The van der Waals surface area contributed by atoms with Crippen LogP contribution in [-0.4, -0.2) is 28.6 Å². The average Bonchev–Trinajstić information content (AvgIpc) is 3.27. The number of hydrogen-bond acceptors (Lipinski definition) is 2. The van der Waals surface area contributed by atoms with Crippen LogP contribution in [0.15, 0.2) is 24.3 Å². The fourth-order valence-corrected chi connectivity index (χ4v) is 2.66. The summed E-state index contributed by atoms with van der Waals surface area (Å²) in [6.07, 6.45) is 4.64. The van der Waals surface area contributed by atoms with Gasteiger partial charge in [0.2, 0.25) is 0 Å². The van der Waals surface area contributed by atoms with Gasteiger partial charge < -0.3 is 5.11 Å². The van der Waals surface area contributed by atoms with E-state index in [9.17, 15) is 4.79 Å². The third-order valence-corrected chi connectivity index (χ3v) is 4.18. The molecule has 0 bridgehead atoms. The monoisotopic (exact) mass is 289 g/mol. The van der Waals surface area contributed by atoms with Gasteiger partial charge in [-0.3, -0.25) is 9.69 Å². The third kappa shape index (κ3) is 5.50. The van der Waals surface area contributed by atoms with Crippen molar-refractivity contribution in [3.05, 3.63) is 35.4 Å². The Labute approximate surface area is 128 Å². The minimum Gasteiger partial charge on any atom is -0.481 e.